The first-order valence-electron chi connectivity index (χ1n) is 10.1. The molecule has 0 N–H and O–H groups in total. The van der Waals surface area contributed by atoms with Crippen LogP contribution in [0.25, 0.3) is 0 Å². The second kappa shape index (κ2) is 8.56. The molecule has 2 saturated heterocycles. The highest BCUT2D eigenvalue weighted by Gasteiger charge is 2.31. The fourth-order valence-electron chi connectivity index (χ4n) is 4.11. The van der Waals surface area contributed by atoms with Gasteiger partial charge in [-0.05, 0) is 63.8 Å². The topological polar surface area (TPSA) is 43.9 Å². The maximum Gasteiger partial charge on any atom is 0.253 e. The molecule has 0 aromatic heterocycles. The minimum atomic E-state index is 0.0863. The fourth-order valence-corrected chi connectivity index (χ4v) is 4.11. The van der Waals surface area contributed by atoms with Gasteiger partial charge in [0.2, 0.25) is 5.91 Å². The van der Waals surface area contributed by atoms with Gasteiger partial charge in [0.1, 0.15) is 0 Å². The Hall–Kier alpha value is -2.04. The molecule has 26 heavy (non-hydrogen) atoms. The van der Waals surface area contributed by atoms with Gasteiger partial charge in [-0.25, -0.2) is 0 Å². The van der Waals surface area contributed by atoms with Crippen LogP contribution in [0.4, 0.5) is 5.69 Å². The second-order valence-electron chi connectivity index (χ2n) is 7.32. The third kappa shape index (κ3) is 4.02. The van der Waals surface area contributed by atoms with E-state index in [0.29, 0.717) is 19.0 Å². The SMILES string of the molecule is CCN(CC)c1ccc(C(=O)N2CCC(C(=O)N3CCCC3)CC2)cc1. The van der Waals surface area contributed by atoms with Crippen molar-refractivity contribution in [1.82, 2.24) is 9.80 Å². The van der Waals surface area contributed by atoms with Gasteiger partial charge in [-0.15, -0.1) is 0 Å². The van der Waals surface area contributed by atoms with E-state index in [-0.39, 0.29) is 11.8 Å². The maximum absolute atomic E-state index is 12.8. The Labute approximate surface area is 156 Å². The summed E-state index contributed by atoms with van der Waals surface area (Å²) in [5.41, 5.74) is 1.90. The van der Waals surface area contributed by atoms with E-state index in [4.69, 9.17) is 0 Å². The lowest BCUT2D eigenvalue weighted by Crippen LogP contribution is -2.43. The van der Waals surface area contributed by atoms with Gasteiger partial charge in [-0.1, -0.05) is 0 Å². The van der Waals surface area contributed by atoms with Gasteiger partial charge >= 0.3 is 0 Å². The van der Waals surface area contributed by atoms with Crippen molar-refractivity contribution in [3.05, 3.63) is 29.8 Å². The third-order valence-electron chi connectivity index (χ3n) is 5.79. The van der Waals surface area contributed by atoms with Crippen molar-refractivity contribution < 1.29 is 9.59 Å². The minimum Gasteiger partial charge on any atom is -0.372 e. The largest absolute Gasteiger partial charge is 0.372 e. The molecular formula is C21H31N3O2. The number of rotatable bonds is 5. The summed E-state index contributed by atoms with van der Waals surface area (Å²) in [6, 6.07) is 7.92. The van der Waals surface area contributed by atoms with Crippen LogP contribution in [-0.4, -0.2) is 60.9 Å². The normalized spacial score (nSPS) is 18.2. The van der Waals surface area contributed by atoms with Gasteiger partial charge in [0.05, 0.1) is 0 Å². The van der Waals surface area contributed by atoms with Crippen LogP contribution in [0.15, 0.2) is 24.3 Å². The minimum absolute atomic E-state index is 0.0863. The second-order valence-corrected chi connectivity index (χ2v) is 7.32. The number of benzene rings is 1. The fraction of sp³-hybridized carbons (Fsp3) is 0.619. The van der Waals surface area contributed by atoms with Crippen molar-refractivity contribution in [1.29, 1.82) is 0 Å². The molecule has 1 aromatic rings. The number of nitrogens with zero attached hydrogens (tertiary/aromatic N) is 3. The van der Waals surface area contributed by atoms with Crippen molar-refractivity contribution in [3.63, 3.8) is 0 Å². The summed E-state index contributed by atoms with van der Waals surface area (Å²) < 4.78 is 0. The van der Waals surface area contributed by atoms with Gasteiger partial charge in [0.25, 0.3) is 5.91 Å². The van der Waals surface area contributed by atoms with Crippen molar-refractivity contribution in [2.45, 2.75) is 39.5 Å². The molecule has 5 heteroatoms. The first-order chi connectivity index (χ1) is 12.6. The van der Waals surface area contributed by atoms with Gasteiger partial charge in [-0.3, -0.25) is 9.59 Å². The van der Waals surface area contributed by atoms with Gasteiger partial charge in [-0.2, -0.15) is 0 Å². The monoisotopic (exact) mass is 357 g/mol. The van der Waals surface area contributed by atoms with E-state index in [1.165, 1.54) is 0 Å². The Kier molecular flexibility index (Phi) is 6.17. The highest BCUT2D eigenvalue weighted by molar-refractivity contribution is 5.94. The predicted octanol–water partition coefficient (Wildman–Crippen LogP) is 3.01. The summed E-state index contributed by atoms with van der Waals surface area (Å²) in [7, 11) is 0. The highest BCUT2D eigenvalue weighted by Crippen LogP contribution is 2.24. The first kappa shape index (κ1) is 18.7. The zero-order valence-electron chi connectivity index (χ0n) is 16.1. The number of amides is 2. The van der Waals surface area contributed by atoms with Gasteiger partial charge < -0.3 is 14.7 Å². The van der Waals surface area contributed by atoms with Crippen molar-refractivity contribution in [2.24, 2.45) is 5.92 Å². The van der Waals surface area contributed by atoms with E-state index in [0.717, 1.165) is 63.1 Å². The molecule has 3 rings (SSSR count). The number of hydrogen-bond donors (Lipinski definition) is 0. The summed E-state index contributed by atoms with van der Waals surface area (Å²) in [4.78, 5) is 31.5. The number of carbonyl (C=O) groups is 2. The molecule has 2 fully saturated rings. The van der Waals surface area contributed by atoms with Crippen LogP contribution >= 0.6 is 0 Å². The Morgan fingerprint density at radius 3 is 2.04 bits per heavy atom. The maximum atomic E-state index is 12.8. The molecule has 0 aliphatic carbocycles. The Morgan fingerprint density at radius 1 is 0.923 bits per heavy atom. The molecule has 0 radical (unpaired) electrons. The van der Waals surface area contributed by atoms with E-state index >= 15 is 0 Å². The molecule has 2 heterocycles. The first-order valence-corrected chi connectivity index (χ1v) is 10.1. The average Bonchev–Trinajstić information content (AvgIpc) is 3.23. The Balaban J connectivity index is 1.55. The highest BCUT2D eigenvalue weighted by atomic mass is 16.2. The smallest absolute Gasteiger partial charge is 0.253 e. The lowest BCUT2D eigenvalue weighted by Gasteiger charge is -2.33. The molecule has 0 saturated carbocycles. The van der Waals surface area contributed by atoms with Crippen LogP contribution in [-0.2, 0) is 4.79 Å². The molecule has 2 aliphatic heterocycles. The summed E-state index contributed by atoms with van der Waals surface area (Å²) in [5.74, 6) is 0.489. The van der Waals surface area contributed by atoms with E-state index in [1.807, 2.05) is 34.1 Å². The lowest BCUT2D eigenvalue weighted by molar-refractivity contribution is -0.135. The number of likely N-dealkylation sites (tertiary alicyclic amines) is 2. The van der Waals surface area contributed by atoms with Crippen LogP contribution in [0.1, 0.15) is 49.9 Å². The van der Waals surface area contributed by atoms with Crippen LogP contribution in [0.3, 0.4) is 0 Å². The molecule has 1 aromatic carbocycles. The van der Waals surface area contributed by atoms with Gasteiger partial charge in [0.15, 0.2) is 0 Å². The van der Waals surface area contributed by atoms with Crippen LogP contribution in [0.5, 0.6) is 0 Å². The molecule has 2 aliphatic rings. The zero-order chi connectivity index (χ0) is 18.5. The lowest BCUT2D eigenvalue weighted by atomic mass is 9.95. The standard InChI is InChI=1S/C21H31N3O2/c1-3-22(4-2)19-9-7-17(8-10-19)20(25)24-15-11-18(12-16-24)21(26)23-13-5-6-14-23/h7-10,18H,3-6,11-16H2,1-2H3. The summed E-state index contributed by atoms with van der Waals surface area (Å²) in [6.45, 7) is 9.38. The Morgan fingerprint density at radius 2 is 1.50 bits per heavy atom. The molecule has 0 unspecified atom stereocenters. The van der Waals surface area contributed by atoms with Crippen LogP contribution in [0.2, 0.25) is 0 Å². The Bertz CT molecular complexity index is 611. The van der Waals surface area contributed by atoms with E-state index in [2.05, 4.69) is 18.7 Å². The number of carbonyl (C=O) groups excluding carboxylic acids is 2. The third-order valence-corrected chi connectivity index (χ3v) is 5.79. The van der Waals surface area contributed by atoms with Crippen LogP contribution in [0, 0.1) is 5.92 Å². The zero-order valence-corrected chi connectivity index (χ0v) is 16.1. The summed E-state index contributed by atoms with van der Waals surface area (Å²) in [6.07, 6.45) is 3.84. The van der Waals surface area contributed by atoms with Gasteiger partial charge in [0, 0.05) is 56.4 Å². The molecule has 2 amide bonds. The number of anilines is 1. The van der Waals surface area contributed by atoms with E-state index < -0.39 is 0 Å². The molecular weight excluding hydrogens is 326 g/mol. The van der Waals surface area contributed by atoms with Crippen molar-refractivity contribution in [2.75, 3.05) is 44.2 Å². The van der Waals surface area contributed by atoms with E-state index in [1.54, 1.807) is 0 Å². The van der Waals surface area contributed by atoms with Crippen LogP contribution < -0.4 is 4.90 Å². The molecule has 142 valence electrons. The number of piperidine rings is 1. The molecule has 0 spiro atoms. The molecule has 5 nitrogen and oxygen atoms in total. The van der Waals surface area contributed by atoms with E-state index in [9.17, 15) is 9.59 Å². The summed E-state index contributed by atoms with van der Waals surface area (Å²) >= 11 is 0. The predicted molar refractivity (Wildman–Crippen MR) is 104 cm³/mol. The van der Waals surface area contributed by atoms with Crippen molar-refractivity contribution in [3.8, 4) is 0 Å². The molecule has 0 bridgehead atoms. The molecule has 0 atom stereocenters. The summed E-state index contributed by atoms with van der Waals surface area (Å²) in [5, 5.41) is 0. The number of hydrogen-bond acceptors (Lipinski definition) is 3. The quantitative estimate of drug-likeness (QED) is 0.814. The van der Waals surface area contributed by atoms with Crippen molar-refractivity contribution >= 4 is 17.5 Å². The average molecular weight is 357 g/mol.